The van der Waals surface area contributed by atoms with Crippen LogP contribution in [0.1, 0.15) is 44.9 Å². The monoisotopic (exact) mass is 311 g/mol. The molecule has 1 aromatic rings. The van der Waals surface area contributed by atoms with Crippen LogP contribution < -0.4 is 5.32 Å². The molecule has 21 heavy (non-hydrogen) atoms. The summed E-state index contributed by atoms with van der Waals surface area (Å²) in [5.41, 5.74) is 0.0495. The molecule has 1 heterocycles. The minimum atomic E-state index is -0.758. The largest absolute Gasteiger partial charge is 0.481 e. The Labute approximate surface area is 130 Å². The van der Waals surface area contributed by atoms with Crippen LogP contribution in [0.3, 0.4) is 0 Å². The number of amides is 1. The maximum absolute atomic E-state index is 11.8. The lowest BCUT2D eigenvalue weighted by molar-refractivity contribution is -0.137. The van der Waals surface area contributed by atoms with Crippen molar-refractivity contribution in [3.63, 3.8) is 0 Å². The number of rotatable bonds is 8. The Hall–Kier alpha value is -1.36. The summed E-state index contributed by atoms with van der Waals surface area (Å²) in [7, 11) is 0. The minimum absolute atomic E-state index is 0.0309. The second kappa shape index (κ2) is 8.17. The quantitative estimate of drug-likeness (QED) is 0.774. The van der Waals surface area contributed by atoms with E-state index in [0.29, 0.717) is 19.4 Å². The Balaban J connectivity index is 2.35. The molecule has 2 N–H and O–H groups in total. The highest BCUT2D eigenvalue weighted by Crippen LogP contribution is 2.32. The first kappa shape index (κ1) is 17.7. The van der Waals surface area contributed by atoms with Gasteiger partial charge in [-0.3, -0.25) is 9.59 Å². The van der Waals surface area contributed by atoms with Gasteiger partial charge in [0.2, 0.25) is 5.91 Å². The van der Waals surface area contributed by atoms with E-state index in [4.69, 9.17) is 5.11 Å². The van der Waals surface area contributed by atoms with Crippen LogP contribution in [0.25, 0.3) is 0 Å². The Morgan fingerprint density at radius 2 is 2.05 bits per heavy atom. The van der Waals surface area contributed by atoms with Crippen LogP contribution in [0.2, 0.25) is 0 Å². The summed E-state index contributed by atoms with van der Waals surface area (Å²) in [4.78, 5) is 23.6. The first-order valence-corrected chi connectivity index (χ1v) is 8.18. The molecule has 1 aromatic heterocycles. The van der Waals surface area contributed by atoms with E-state index in [0.717, 1.165) is 11.3 Å². The van der Waals surface area contributed by atoms with Gasteiger partial charge < -0.3 is 10.4 Å². The summed E-state index contributed by atoms with van der Waals surface area (Å²) < 4.78 is 0. The molecule has 0 aliphatic heterocycles. The predicted octanol–water partition coefficient (Wildman–Crippen LogP) is 3.32. The molecule has 0 saturated heterocycles. The highest BCUT2D eigenvalue weighted by Gasteiger charge is 2.24. The maximum atomic E-state index is 11.8. The number of nitrogens with one attached hydrogen (secondary N) is 1. The van der Waals surface area contributed by atoms with Crippen LogP contribution in [0.4, 0.5) is 0 Å². The summed E-state index contributed by atoms with van der Waals surface area (Å²) >= 11 is 1.58. The van der Waals surface area contributed by atoms with Gasteiger partial charge >= 0.3 is 5.97 Å². The summed E-state index contributed by atoms with van der Waals surface area (Å²) in [5, 5.41) is 13.7. The molecule has 1 unspecified atom stereocenters. The highest BCUT2D eigenvalue weighted by atomic mass is 32.1. The fourth-order valence-corrected chi connectivity index (χ4v) is 3.03. The number of carboxylic acid groups (broad SMARTS) is 1. The summed E-state index contributed by atoms with van der Waals surface area (Å²) in [6.45, 7) is 6.96. The van der Waals surface area contributed by atoms with Crippen LogP contribution in [-0.2, 0) is 16.0 Å². The topological polar surface area (TPSA) is 66.4 Å². The molecule has 0 radical (unpaired) electrons. The third kappa shape index (κ3) is 7.27. The molecular weight excluding hydrogens is 286 g/mol. The molecule has 0 aromatic carbocycles. The van der Waals surface area contributed by atoms with E-state index in [-0.39, 0.29) is 23.7 Å². The molecule has 5 heteroatoms. The van der Waals surface area contributed by atoms with Crippen molar-refractivity contribution in [2.24, 2.45) is 11.3 Å². The minimum Gasteiger partial charge on any atom is -0.481 e. The number of carboxylic acids is 1. The average Bonchev–Trinajstić information content (AvgIpc) is 2.84. The first-order valence-electron chi connectivity index (χ1n) is 7.30. The third-order valence-electron chi connectivity index (χ3n) is 3.66. The summed E-state index contributed by atoms with van der Waals surface area (Å²) in [6.07, 6.45) is 2.07. The van der Waals surface area contributed by atoms with Crippen LogP contribution >= 0.6 is 11.3 Å². The third-order valence-corrected chi connectivity index (χ3v) is 4.54. The van der Waals surface area contributed by atoms with Gasteiger partial charge in [0.05, 0.1) is 6.42 Å². The van der Waals surface area contributed by atoms with Crippen molar-refractivity contribution in [2.75, 3.05) is 6.54 Å². The molecule has 0 spiro atoms. The average molecular weight is 311 g/mol. The van der Waals surface area contributed by atoms with Crippen LogP contribution in [-0.4, -0.2) is 23.5 Å². The van der Waals surface area contributed by atoms with Gasteiger partial charge in [-0.15, -0.1) is 11.3 Å². The van der Waals surface area contributed by atoms with Gasteiger partial charge in [-0.2, -0.15) is 0 Å². The van der Waals surface area contributed by atoms with Crippen LogP contribution in [0.5, 0.6) is 0 Å². The molecule has 0 bridgehead atoms. The fourth-order valence-electron chi connectivity index (χ4n) is 2.33. The Kier molecular flexibility index (Phi) is 6.89. The van der Waals surface area contributed by atoms with Crippen molar-refractivity contribution in [3.8, 4) is 0 Å². The Bertz CT molecular complexity index is 449. The Morgan fingerprint density at radius 1 is 1.33 bits per heavy atom. The van der Waals surface area contributed by atoms with E-state index in [1.54, 1.807) is 11.3 Å². The zero-order valence-corrected chi connectivity index (χ0v) is 13.8. The van der Waals surface area contributed by atoms with Crippen LogP contribution in [0.15, 0.2) is 17.5 Å². The van der Waals surface area contributed by atoms with Gasteiger partial charge in [-0.05, 0) is 35.6 Å². The smallest absolute Gasteiger partial charge is 0.303 e. The van der Waals surface area contributed by atoms with Gasteiger partial charge in [-0.25, -0.2) is 0 Å². The second-order valence-corrected chi connectivity index (χ2v) is 7.42. The van der Waals surface area contributed by atoms with Crippen molar-refractivity contribution in [3.05, 3.63) is 22.4 Å². The lowest BCUT2D eigenvalue weighted by atomic mass is 9.76. The van der Waals surface area contributed by atoms with Gasteiger partial charge in [0.25, 0.3) is 0 Å². The molecule has 0 fully saturated rings. The van der Waals surface area contributed by atoms with Gasteiger partial charge in [0.1, 0.15) is 0 Å². The van der Waals surface area contributed by atoms with Crippen LogP contribution in [0, 0.1) is 11.3 Å². The molecule has 0 aliphatic carbocycles. The lowest BCUT2D eigenvalue weighted by Gasteiger charge is -2.30. The molecule has 118 valence electrons. The van der Waals surface area contributed by atoms with Crippen molar-refractivity contribution in [1.29, 1.82) is 0 Å². The lowest BCUT2D eigenvalue weighted by Crippen LogP contribution is -2.30. The van der Waals surface area contributed by atoms with Crippen molar-refractivity contribution in [2.45, 2.75) is 46.5 Å². The van der Waals surface area contributed by atoms with Gasteiger partial charge in [0.15, 0.2) is 0 Å². The summed E-state index contributed by atoms with van der Waals surface area (Å²) in [6, 6.07) is 3.89. The zero-order chi connectivity index (χ0) is 15.9. The molecule has 0 aliphatic rings. The molecule has 1 atom stereocenters. The Morgan fingerprint density at radius 3 is 2.57 bits per heavy atom. The van der Waals surface area contributed by atoms with E-state index in [1.807, 2.05) is 17.5 Å². The number of hydrogen-bond donors (Lipinski definition) is 2. The first-order chi connectivity index (χ1) is 9.79. The normalized spacial score (nSPS) is 12.9. The molecular formula is C16H25NO3S. The van der Waals surface area contributed by atoms with E-state index >= 15 is 0 Å². The van der Waals surface area contributed by atoms with E-state index in [9.17, 15) is 9.59 Å². The fraction of sp³-hybridized carbons (Fsp3) is 0.625. The molecule has 4 nitrogen and oxygen atoms in total. The standard InChI is InChI=1S/C16H25NO3S/c1-16(2,3)12(6-7-15(19)20)8-9-17-14(18)11-13-5-4-10-21-13/h4-5,10,12H,6-9,11H2,1-3H3,(H,17,18)(H,19,20). The highest BCUT2D eigenvalue weighted by molar-refractivity contribution is 7.10. The van der Waals surface area contributed by atoms with Gasteiger partial charge in [-0.1, -0.05) is 26.8 Å². The van der Waals surface area contributed by atoms with Crippen molar-refractivity contribution < 1.29 is 14.7 Å². The van der Waals surface area contributed by atoms with E-state index < -0.39 is 5.97 Å². The molecule has 1 rings (SSSR count). The van der Waals surface area contributed by atoms with E-state index in [1.165, 1.54) is 0 Å². The molecule has 0 saturated carbocycles. The van der Waals surface area contributed by atoms with E-state index in [2.05, 4.69) is 26.1 Å². The number of carbonyl (C=O) groups is 2. The van der Waals surface area contributed by atoms with Gasteiger partial charge in [0, 0.05) is 17.8 Å². The SMILES string of the molecule is CC(C)(C)C(CCNC(=O)Cc1cccs1)CCC(=O)O. The van der Waals surface area contributed by atoms with Crippen molar-refractivity contribution in [1.82, 2.24) is 5.32 Å². The number of aliphatic carboxylic acids is 1. The number of carbonyl (C=O) groups excluding carboxylic acids is 1. The summed E-state index contributed by atoms with van der Waals surface area (Å²) in [5.74, 6) is -0.440. The second-order valence-electron chi connectivity index (χ2n) is 6.39. The predicted molar refractivity (Wildman–Crippen MR) is 85.5 cm³/mol. The zero-order valence-electron chi connectivity index (χ0n) is 13.0. The maximum Gasteiger partial charge on any atom is 0.303 e. The molecule has 1 amide bonds. The van der Waals surface area contributed by atoms with Crippen molar-refractivity contribution >= 4 is 23.2 Å². The number of thiophene rings is 1. The number of hydrogen-bond acceptors (Lipinski definition) is 3.